The molecule has 0 N–H and O–H groups in total. The van der Waals surface area contributed by atoms with Crippen LogP contribution in [-0.4, -0.2) is 59.5 Å². The Morgan fingerprint density at radius 1 is 1.36 bits per heavy atom. The second-order valence-corrected chi connectivity index (χ2v) is 9.52. The molecule has 0 aliphatic carbocycles. The van der Waals surface area contributed by atoms with Crippen LogP contribution in [-0.2, 0) is 25.7 Å². The quantitative estimate of drug-likeness (QED) is 0.747. The maximum Gasteiger partial charge on any atom is 0.434 e. The number of aromatic nitrogens is 1. The van der Waals surface area contributed by atoms with Gasteiger partial charge in [0.05, 0.1) is 18.7 Å². The van der Waals surface area contributed by atoms with Crippen molar-refractivity contribution in [1.29, 1.82) is 0 Å². The molecule has 0 radical (unpaired) electrons. The molecule has 3 aliphatic heterocycles. The summed E-state index contributed by atoms with van der Waals surface area (Å²) < 4.78 is 73.2. The first-order valence-electron chi connectivity index (χ1n) is 9.00. The van der Waals surface area contributed by atoms with Crippen LogP contribution in [0.5, 0.6) is 0 Å². The first-order chi connectivity index (χ1) is 13.0. The maximum absolute atomic E-state index is 13.3. The number of alkyl halides is 3. The van der Waals surface area contributed by atoms with Gasteiger partial charge in [0.2, 0.25) is 15.9 Å². The minimum atomic E-state index is -4.91. The Morgan fingerprint density at radius 2 is 2.07 bits per heavy atom. The number of amides is 1. The molecule has 0 aromatic carbocycles. The van der Waals surface area contributed by atoms with Crippen molar-refractivity contribution in [3.05, 3.63) is 24.0 Å². The molecular weight excluding hydrogens is 399 g/mol. The highest BCUT2D eigenvalue weighted by molar-refractivity contribution is 7.89. The highest BCUT2D eigenvalue weighted by Crippen LogP contribution is 2.50. The van der Waals surface area contributed by atoms with E-state index in [1.165, 1.54) is 0 Å². The van der Waals surface area contributed by atoms with E-state index in [9.17, 15) is 26.4 Å². The van der Waals surface area contributed by atoms with E-state index >= 15 is 0 Å². The summed E-state index contributed by atoms with van der Waals surface area (Å²) in [5.74, 6) is -0.119. The smallest absolute Gasteiger partial charge is 0.352 e. The Kier molecular flexibility index (Phi) is 4.29. The zero-order chi connectivity index (χ0) is 20.5. The van der Waals surface area contributed by atoms with Gasteiger partial charge in [-0.3, -0.25) is 9.78 Å². The van der Waals surface area contributed by atoms with E-state index in [-0.39, 0.29) is 43.9 Å². The van der Waals surface area contributed by atoms with E-state index in [1.54, 1.807) is 4.90 Å². The van der Waals surface area contributed by atoms with Gasteiger partial charge in [-0.1, -0.05) is 13.8 Å². The van der Waals surface area contributed by atoms with Gasteiger partial charge >= 0.3 is 6.18 Å². The standard InChI is InChI=1S/C17H20F3N3O4S/c1-10(2)11-9-27-16-5-7-22(13(16)8-14(24)23(11)16)28(25,26)12-4-3-6-21-15(12)17(18,19)20/h3-4,6,10-11,13H,5,7-9H2,1-2H3/t11-,13+,16-/m0/s1. The minimum absolute atomic E-state index is 0.0201. The Labute approximate surface area is 160 Å². The number of rotatable bonds is 3. The van der Waals surface area contributed by atoms with Crippen LogP contribution < -0.4 is 0 Å². The average molecular weight is 419 g/mol. The maximum atomic E-state index is 13.3. The van der Waals surface area contributed by atoms with Crippen molar-refractivity contribution < 1.29 is 31.1 Å². The van der Waals surface area contributed by atoms with E-state index in [0.717, 1.165) is 22.6 Å². The number of hydrogen-bond acceptors (Lipinski definition) is 5. The first-order valence-corrected chi connectivity index (χ1v) is 10.4. The topological polar surface area (TPSA) is 79.8 Å². The number of ether oxygens (including phenoxy) is 1. The van der Waals surface area contributed by atoms with Crippen molar-refractivity contribution >= 4 is 15.9 Å². The number of pyridine rings is 1. The van der Waals surface area contributed by atoms with Crippen LogP contribution in [0.25, 0.3) is 0 Å². The molecule has 0 saturated carbocycles. The van der Waals surface area contributed by atoms with Crippen LogP contribution in [0.3, 0.4) is 0 Å². The summed E-state index contributed by atoms with van der Waals surface area (Å²) in [6, 6.07) is 1.03. The molecule has 4 rings (SSSR count). The average Bonchev–Trinajstić information content (AvgIpc) is 3.23. The normalized spacial score (nSPS) is 30.9. The van der Waals surface area contributed by atoms with E-state index in [0.29, 0.717) is 0 Å². The summed E-state index contributed by atoms with van der Waals surface area (Å²) in [6.07, 6.45) is -3.88. The lowest BCUT2D eigenvalue weighted by atomic mass is 10.0. The number of carbonyl (C=O) groups excluding carboxylic acids is 1. The van der Waals surface area contributed by atoms with Gasteiger partial charge in [-0.05, 0) is 18.1 Å². The van der Waals surface area contributed by atoms with Crippen molar-refractivity contribution in [2.75, 3.05) is 13.2 Å². The minimum Gasteiger partial charge on any atom is -0.352 e. The first kappa shape index (κ1) is 19.6. The molecule has 7 nitrogen and oxygen atoms in total. The highest BCUT2D eigenvalue weighted by Gasteiger charge is 2.67. The van der Waals surface area contributed by atoms with Gasteiger partial charge in [0.1, 0.15) is 4.90 Å². The van der Waals surface area contributed by atoms with Crippen molar-refractivity contribution in [3.63, 3.8) is 0 Å². The summed E-state index contributed by atoms with van der Waals surface area (Å²) in [7, 11) is -4.52. The monoisotopic (exact) mass is 419 g/mol. The third kappa shape index (κ3) is 2.59. The molecule has 3 saturated heterocycles. The van der Waals surface area contributed by atoms with Crippen molar-refractivity contribution in [2.45, 2.75) is 55.6 Å². The largest absolute Gasteiger partial charge is 0.434 e. The van der Waals surface area contributed by atoms with E-state index in [4.69, 9.17) is 4.74 Å². The number of nitrogens with zero attached hydrogens (tertiary/aromatic N) is 3. The molecule has 1 aromatic heterocycles. The lowest BCUT2D eigenvalue weighted by Crippen LogP contribution is -2.51. The van der Waals surface area contributed by atoms with Gasteiger partial charge in [-0.2, -0.15) is 17.5 Å². The van der Waals surface area contributed by atoms with E-state index in [2.05, 4.69) is 4.98 Å². The molecule has 0 unspecified atom stereocenters. The molecule has 4 heterocycles. The second-order valence-electron chi connectivity index (χ2n) is 7.66. The van der Waals surface area contributed by atoms with Crippen LogP contribution in [0, 0.1) is 5.92 Å². The summed E-state index contributed by atoms with van der Waals surface area (Å²) in [5.41, 5.74) is -2.55. The molecule has 11 heteroatoms. The predicted octanol–water partition coefficient (Wildman–Crippen LogP) is 1.85. The second kappa shape index (κ2) is 6.14. The molecule has 154 valence electrons. The zero-order valence-corrected chi connectivity index (χ0v) is 16.1. The fourth-order valence-electron chi connectivity index (χ4n) is 4.56. The Morgan fingerprint density at radius 3 is 2.71 bits per heavy atom. The van der Waals surface area contributed by atoms with Gasteiger partial charge in [0.25, 0.3) is 0 Å². The number of hydrogen-bond donors (Lipinski definition) is 0. The van der Waals surface area contributed by atoms with Crippen LogP contribution in [0.15, 0.2) is 23.2 Å². The lowest BCUT2D eigenvalue weighted by Gasteiger charge is -2.34. The highest BCUT2D eigenvalue weighted by atomic mass is 32.2. The van der Waals surface area contributed by atoms with Gasteiger partial charge < -0.3 is 9.64 Å². The molecular formula is C17H20F3N3O4S. The van der Waals surface area contributed by atoms with Crippen LogP contribution in [0.2, 0.25) is 0 Å². The van der Waals surface area contributed by atoms with Crippen LogP contribution in [0.1, 0.15) is 32.4 Å². The Balaban J connectivity index is 1.75. The van der Waals surface area contributed by atoms with Crippen molar-refractivity contribution in [3.8, 4) is 0 Å². The van der Waals surface area contributed by atoms with E-state index < -0.39 is 38.6 Å². The molecule has 1 amide bonds. The Bertz CT molecular complexity index is 920. The molecule has 3 fully saturated rings. The van der Waals surface area contributed by atoms with Gasteiger partial charge in [-0.25, -0.2) is 8.42 Å². The zero-order valence-electron chi connectivity index (χ0n) is 15.3. The van der Waals surface area contributed by atoms with Gasteiger partial charge in [0, 0.05) is 25.6 Å². The number of sulfonamides is 1. The summed E-state index contributed by atoms with van der Waals surface area (Å²) in [6.45, 7) is 4.16. The number of halogens is 3. The molecule has 3 atom stereocenters. The molecule has 1 aromatic rings. The summed E-state index contributed by atoms with van der Waals surface area (Å²) in [5, 5.41) is 0. The summed E-state index contributed by atoms with van der Waals surface area (Å²) in [4.78, 5) is 16.6. The molecule has 3 aliphatic rings. The third-order valence-electron chi connectivity index (χ3n) is 5.83. The fourth-order valence-corrected chi connectivity index (χ4v) is 6.38. The third-order valence-corrected chi connectivity index (χ3v) is 7.77. The predicted molar refractivity (Wildman–Crippen MR) is 90.3 cm³/mol. The van der Waals surface area contributed by atoms with Crippen LogP contribution in [0.4, 0.5) is 13.2 Å². The van der Waals surface area contributed by atoms with Crippen molar-refractivity contribution in [1.82, 2.24) is 14.2 Å². The van der Waals surface area contributed by atoms with Crippen LogP contribution >= 0.6 is 0 Å². The molecule has 1 spiro atoms. The number of carbonyl (C=O) groups is 1. The van der Waals surface area contributed by atoms with Crippen molar-refractivity contribution in [2.24, 2.45) is 5.92 Å². The Hall–Kier alpha value is -1.72. The SMILES string of the molecule is CC(C)[C@@H]1CO[C@@]23CCN(S(=O)(=O)c4cccnc4C(F)(F)F)[C@@H]2CC(=O)N13. The van der Waals surface area contributed by atoms with Gasteiger partial charge in [-0.15, -0.1) is 0 Å². The fraction of sp³-hybridized carbons (Fsp3) is 0.647. The van der Waals surface area contributed by atoms with E-state index in [1.807, 2.05) is 13.8 Å². The molecule has 0 bridgehead atoms. The summed E-state index contributed by atoms with van der Waals surface area (Å²) >= 11 is 0. The molecule has 28 heavy (non-hydrogen) atoms. The lowest BCUT2D eigenvalue weighted by molar-refractivity contribution is -0.143. The van der Waals surface area contributed by atoms with Gasteiger partial charge in [0.15, 0.2) is 11.4 Å².